The summed E-state index contributed by atoms with van der Waals surface area (Å²) in [6, 6.07) is 26.9. The van der Waals surface area contributed by atoms with Crippen molar-refractivity contribution in [2.75, 3.05) is 46.8 Å². The molecule has 53 heavy (non-hydrogen) atoms. The number of hydrogen-bond donors (Lipinski definition) is 0. The molecular weight excluding hydrogens is 681 g/mol. The molecule has 0 aliphatic heterocycles. The van der Waals surface area contributed by atoms with Crippen LogP contribution in [0.2, 0.25) is 0 Å². The zero-order valence-electron chi connectivity index (χ0n) is 30.8. The Kier molecular flexibility index (Phi) is 14.0. The van der Waals surface area contributed by atoms with Gasteiger partial charge in [0.1, 0.15) is 11.6 Å². The minimum absolute atomic E-state index is 0.00723. The van der Waals surface area contributed by atoms with Crippen molar-refractivity contribution in [2.45, 2.75) is 52.8 Å². The zero-order valence-corrected chi connectivity index (χ0v) is 30.8. The standard InChI is InChI=1S/C43H47F3N2O5/c1-5-20-51-22-24-53-25-23-52-21-6-7-39(49)33-14-10-32(11-15-33)29-48-41(35-16-18-38(50-4)19-17-35)40(34-12-8-30(2)9-13-34)47-42(48)36-26-31(3)27-37(28-36)43(44,45)46/h8-19,26-28H,5-7,20-25,29H2,1-4H3. The van der Waals surface area contributed by atoms with Gasteiger partial charge in [-0.3, -0.25) is 4.79 Å². The van der Waals surface area contributed by atoms with Crippen LogP contribution in [0.5, 0.6) is 5.75 Å². The number of ether oxygens (including phenoxy) is 4. The van der Waals surface area contributed by atoms with Gasteiger partial charge in [0, 0.05) is 48.4 Å². The smallest absolute Gasteiger partial charge is 0.416 e. The first-order valence-corrected chi connectivity index (χ1v) is 17.9. The summed E-state index contributed by atoms with van der Waals surface area (Å²) in [5.74, 6) is 1.08. The third kappa shape index (κ3) is 10.9. The number of carbonyl (C=O) groups is 1. The van der Waals surface area contributed by atoms with E-state index in [2.05, 4.69) is 6.92 Å². The van der Waals surface area contributed by atoms with Crippen LogP contribution in [0.3, 0.4) is 0 Å². The third-order valence-electron chi connectivity index (χ3n) is 8.72. The fourth-order valence-corrected chi connectivity index (χ4v) is 6.00. The first-order valence-electron chi connectivity index (χ1n) is 17.9. The number of Topliss-reactive ketones (excluding diaryl/α,β-unsaturated/α-hetero) is 1. The number of imidazole rings is 1. The number of aromatic nitrogens is 2. The van der Waals surface area contributed by atoms with Crippen molar-refractivity contribution in [3.8, 4) is 39.7 Å². The molecule has 1 heterocycles. The first kappa shape index (κ1) is 39.4. The summed E-state index contributed by atoms with van der Waals surface area (Å²) >= 11 is 0. The lowest BCUT2D eigenvalue weighted by molar-refractivity contribution is -0.137. The molecule has 0 amide bonds. The topological polar surface area (TPSA) is 71.8 Å². The Morgan fingerprint density at radius 3 is 1.96 bits per heavy atom. The molecule has 0 bridgehead atoms. The number of aryl methyl sites for hydroxylation is 2. The first-order chi connectivity index (χ1) is 25.6. The number of benzene rings is 4. The number of rotatable bonds is 19. The van der Waals surface area contributed by atoms with Crippen molar-refractivity contribution >= 4 is 5.78 Å². The van der Waals surface area contributed by atoms with Gasteiger partial charge < -0.3 is 23.5 Å². The lowest BCUT2D eigenvalue weighted by Gasteiger charge is -2.16. The molecule has 7 nitrogen and oxygen atoms in total. The van der Waals surface area contributed by atoms with E-state index < -0.39 is 11.7 Å². The van der Waals surface area contributed by atoms with Crippen LogP contribution in [0.1, 0.15) is 58.8 Å². The maximum Gasteiger partial charge on any atom is 0.416 e. The molecule has 5 rings (SSSR count). The van der Waals surface area contributed by atoms with Crippen molar-refractivity contribution in [3.63, 3.8) is 0 Å². The second kappa shape index (κ2) is 18.8. The van der Waals surface area contributed by atoms with Crippen LogP contribution < -0.4 is 4.74 Å². The Hall–Kier alpha value is -4.77. The molecule has 0 atom stereocenters. The molecule has 280 valence electrons. The average molecular weight is 729 g/mol. The highest BCUT2D eigenvalue weighted by molar-refractivity contribution is 5.96. The van der Waals surface area contributed by atoms with Crippen LogP contribution in [0.15, 0.2) is 91.0 Å². The maximum absolute atomic E-state index is 14.1. The Bertz CT molecular complexity index is 1920. The van der Waals surface area contributed by atoms with Crippen LogP contribution in [-0.2, 0) is 26.9 Å². The summed E-state index contributed by atoms with van der Waals surface area (Å²) in [5.41, 5.74) is 5.65. The van der Waals surface area contributed by atoms with Crippen LogP contribution in [-0.4, -0.2) is 62.1 Å². The number of halogens is 3. The van der Waals surface area contributed by atoms with Crippen LogP contribution in [0.4, 0.5) is 13.2 Å². The molecule has 0 aliphatic rings. The number of nitrogens with zero attached hydrogens (tertiary/aromatic N) is 2. The molecule has 0 radical (unpaired) electrons. The predicted octanol–water partition coefficient (Wildman–Crippen LogP) is 10.00. The van der Waals surface area contributed by atoms with Crippen molar-refractivity contribution in [1.29, 1.82) is 0 Å². The minimum atomic E-state index is -4.52. The summed E-state index contributed by atoms with van der Waals surface area (Å²) in [5, 5.41) is 0. The summed E-state index contributed by atoms with van der Waals surface area (Å²) in [6.45, 7) is 9.21. The number of hydrogen-bond acceptors (Lipinski definition) is 6. The Morgan fingerprint density at radius 1 is 0.717 bits per heavy atom. The number of alkyl halides is 3. The van der Waals surface area contributed by atoms with E-state index in [9.17, 15) is 18.0 Å². The van der Waals surface area contributed by atoms with E-state index in [1.165, 1.54) is 0 Å². The van der Waals surface area contributed by atoms with Crippen molar-refractivity contribution in [3.05, 3.63) is 119 Å². The van der Waals surface area contributed by atoms with E-state index in [4.69, 9.17) is 23.9 Å². The molecule has 4 aromatic carbocycles. The summed E-state index contributed by atoms with van der Waals surface area (Å²) < 4.78 is 66.0. The van der Waals surface area contributed by atoms with E-state index >= 15 is 0 Å². The van der Waals surface area contributed by atoms with Gasteiger partial charge in [-0.15, -0.1) is 0 Å². The third-order valence-corrected chi connectivity index (χ3v) is 8.72. The molecule has 0 fully saturated rings. The van der Waals surface area contributed by atoms with Gasteiger partial charge >= 0.3 is 6.18 Å². The molecule has 0 unspecified atom stereocenters. The predicted molar refractivity (Wildman–Crippen MR) is 201 cm³/mol. The molecule has 0 aliphatic carbocycles. The van der Waals surface area contributed by atoms with Crippen molar-refractivity contribution < 1.29 is 36.9 Å². The molecule has 0 saturated carbocycles. The van der Waals surface area contributed by atoms with E-state index in [1.807, 2.05) is 72.2 Å². The highest BCUT2D eigenvalue weighted by atomic mass is 19.4. The highest BCUT2D eigenvalue weighted by Gasteiger charge is 2.32. The number of ketones is 1. The van der Waals surface area contributed by atoms with E-state index in [0.717, 1.165) is 53.1 Å². The molecule has 1 aromatic heterocycles. The fourth-order valence-electron chi connectivity index (χ4n) is 6.00. The highest BCUT2D eigenvalue weighted by Crippen LogP contribution is 2.39. The summed E-state index contributed by atoms with van der Waals surface area (Å²) in [6.07, 6.45) is -2.62. The number of carbonyl (C=O) groups excluding carboxylic acids is 1. The van der Waals surface area contributed by atoms with Crippen LogP contribution >= 0.6 is 0 Å². The second-order valence-electron chi connectivity index (χ2n) is 13.0. The lowest BCUT2D eigenvalue weighted by Crippen LogP contribution is -2.10. The Labute approximate surface area is 309 Å². The van der Waals surface area contributed by atoms with Gasteiger partial charge in [0.15, 0.2) is 5.78 Å². The second-order valence-corrected chi connectivity index (χ2v) is 13.0. The minimum Gasteiger partial charge on any atom is -0.497 e. The Balaban J connectivity index is 1.41. The quantitative estimate of drug-likeness (QED) is 0.0623. The van der Waals surface area contributed by atoms with Gasteiger partial charge in [0.25, 0.3) is 0 Å². The lowest BCUT2D eigenvalue weighted by atomic mass is 10.0. The summed E-state index contributed by atoms with van der Waals surface area (Å²) in [4.78, 5) is 18.1. The largest absolute Gasteiger partial charge is 0.497 e. The Morgan fingerprint density at radius 2 is 1.34 bits per heavy atom. The van der Waals surface area contributed by atoms with Crippen LogP contribution in [0, 0.1) is 13.8 Å². The van der Waals surface area contributed by atoms with E-state index in [-0.39, 0.29) is 5.78 Å². The molecular formula is C43H47F3N2O5. The molecule has 10 heteroatoms. The molecule has 5 aromatic rings. The van der Waals surface area contributed by atoms with Gasteiger partial charge in [-0.05, 0) is 80.3 Å². The maximum atomic E-state index is 14.1. The molecule has 0 spiro atoms. The van der Waals surface area contributed by atoms with Gasteiger partial charge in [-0.1, -0.05) is 61.0 Å². The normalized spacial score (nSPS) is 11.6. The molecule has 0 N–H and O–H groups in total. The van der Waals surface area contributed by atoms with Crippen molar-refractivity contribution in [2.24, 2.45) is 0 Å². The van der Waals surface area contributed by atoms with Gasteiger partial charge in [-0.2, -0.15) is 13.2 Å². The van der Waals surface area contributed by atoms with Crippen LogP contribution in [0.25, 0.3) is 33.9 Å². The van der Waals surface area contributed by atoms with Gasteiger partial charge in [-0.25, -0.2) is 4.98 Å². The van der Waals surface area contributed by atoms with E-state index in [1.54, 1.807) is 32.2 Å². The van der Waals surface area contributed by atoms with Crippen molar-refractivity contribution in [1.82, 2.24) is 9.55 Å². The monoisotopic (exact) mass is 728 g/mol. The number of methoxy groups -OCH3 is 1. The summed E-state index contributed by atoms with van der Waals surface area (Å²) in [7, 11) is 1.59. The SMILES string of the molecule is CCCOCCOCCOCCCC(=O)c1ccc(Cn2c(-c3cc(C)cc(C(F)(F)F)c3)nc(-c3ccc(C)cc3)c2-c2ccc(OC)cc2)cc1. The fraction of sp³-hybridized carbons (Fsp3) is 0.349. The van der Waals surface area contributed by atoms with Gasteiger partial charge in [0.05, 0.1) is 50.5 Å². The molecule has 0 saturated heterocycles. The van der Waals surface area contributed by atoms with E-state index in [0.29, 0.717) is 86.4 Å². The zero-order chi connectivity index (χ0) is 37.8. The van der Waals surface area contributed by atoms with Gasteiger partial charge in [0.2, 0.25) is 0 Å². The average Bonchev–Trinajstić information content (AvgIpc) is 3.52.